The average molecular weight is 245 g/mol. The average Bonchev–Trinajstić information content (AvgIpc) is 2.63. The third kappa shape index (κ3) is 5.37. The molecular formula is C10H19N3S2. The number of aromatic nitrogens is 2. The summed E-state index contributed by atoms with van der Waals surface area (Å²) in [4.78, 5) is 0. The highest BCUT2D eigenvalue weighted by molar-refractivity contribution is 8.01. The fraction of sp³-hybridized carbons (Fsp3) is 0.800. The Balaban J connectivity index is 2.29. The van der Waals surface area contributed by atoms with Gasteiger partial charge in [0.25, 0.3) is 0 Å². The molecule has 0 fully saturated rings. The molecule has 0 aromatic carbocycles. The van der Waals surface area contributed by atoms with Crippen molar-refractivity contribution in [3.8, 4) is 0 Å². The molecule has 0 aliphatic rings. The zero-order chi connectivity index (χ0) is 11.1. The molecule has 0 saturated heterocycles. The first-order chi connectivity index (χ1) is 7.22. The molecule has 0 spiro atoms. The largest absolute Gasteiger partial charge is 0.360 e. The number of nitrogens with one attached hydrogen (secondary N) is 1. The first kappa shape index (κ1) is 12.8. The van der Waals surface area contributed by atoms with E-state index in [1.807, 2.05) is 0 Å². The van der Waals surface area contributed by atoms with E-state index < -0.39 is 0 Å². The van der Waals surface area contributed by atoms with E-state index >= 15 is 0 Å². The maximum absolute atomic E-state index is 4.13. The van der Waals surface area contributed by atoms with Crippen LogP contribution < -0.4 is 5.32 Å². The van der Waals surface area contributed by atoms with Gasteiger partial charge in [-0.05, 0) is 12.3 Å². The van der Waals surface area contributed by atoms with Crippen LogP contribution in [0, 0.1) is 5.92 Å². The summed E-state index contributed by atoms with van der Waals surface area (Å²) in [5.74, 6) is 1.79. The van der Waals surface area contributed by atoms with E-state index in [9.17, 15) is 0 Å². The highest BCUT2D eigenvalue weighted by atomic mass is 32.2. The van der Waals surface area contributed by atoms with Crippen molar-refractivity contribution in [3.63, 3.8) is 0 Å². The molecule has 86 valence electrons. The topological polar surface area (TPSA) is 37.8 Å². The summed E-state index contributed by atoms with van der Waals surface area (Å²) < 4.78 is 1.08. The van der Waals surface area contributed by atoms with Crippen LogP contribution in [0.15, 0.2) is 4.34 Å². The summed E-state index contributed by atoms with van der Waals surface area (Å²) >= 11 is 3.46. The van der Waals surface area contributed by atoms with E-state index in [0.717, 1.165) is 21.8 Å². The van der Waals surface area contributed by atoms with Crippen LogP contribution in [0.2, 0.25) is 0 Å². The summed E-state index contributed by atoms with van der Waals surface area (Å²) in [6, 6.07) is 0. The molecule has 0 radical (unpaired) electrons. The van der Waals surface area contributed by atoms with E-state index in [2.05, 4.69) is 36.3 Å². The smallest absolute Gasteiger partial charge is 0.206 e. The Kier molecular flexibility index (Phi) is 6.02. The highest BCUT2D eigenvalue weighted by Crippen LogP contribution is 2.26. The molecule has 0 aliphatic carbocycles. The minimum Gasteiger partial charge on any atom is -0.360 e. The molecule has 3 nitrogen and oxygen atoms in total. The Morgan fingerprint density at radius 2 is 2.20 bits per heavy atom. The van der Waals surface area contributed by atoms with E-state index in [0.29, 0.717) is 5.92 Å². The van der Waals surface area contributed by atoms with E-state index in [1.54, 1.807) is 23.1 Å². The molecule has 0 bridgehead atoms. The van der Waals surface area contributed by atoms with Gasteiger partial charge in [-0.25, -0.2) is 0 Å². The number of unbranched alkanes of at least 4 members (excludes halogenated alkanes) is 1. The van der Waals surface area contributed by atoms with Crippen LogP contribution >= 0.6 is 23.1 Å². The summed E-state index contributed by atoms with van der Waals surface area (Å²) in [6.45, 7) is 7.54. The second-order valence-electron chi connectivity index (χ2n) is 3.85. The lowest BCUT2D eigenvalue weighted by atomic mass is 10.2. The zero-order valence-corrected chi connectivity index (χ0v) is 11.2. The molecule has 1 rings (SSSR count). The lowest BCUT2D eigenvalue weighted by Crippen LogP contribution is -2.07. The van der Waals surface area contributed by atoms with Gasteiger partial charge in [0, 0.05) is 12.3 Å². The van der Waals surface area contributed by atoms with Gasteiger partial charge in [-0.15, -0.1) is 10.2 Å². The van der Waals surface area contributed by atoms with Gasteiger partial charge in [0.1, 0.15) is 0 Å². The molecule has 1 N–H and O–H groups in total. The fourth-order valence-corrected chi connectivity index (χ4v) is 2.85. The fourth-order valence-electron chi connectivity index (χ4n) is 0.935. The standard InChI is InChI=1S/C10H19N3S2/c1-4-5-6-14-10-13-12-9(15-10)11-7-8(2)3/h8H,4-7H2,1-3H3,(H,11,12). The summed E-state index contributed by atoms with van der Waals surface area (Å²) in [5.41, 5.74) is 0. The number of anilines is 1. The van der Waals surface area contributed by atoms with Crippen LogP contribution in [0.3, 0.4) is 0 Å². The zero-order valence-electron chi connectivity index (χ0n) is 9.62. The number of thioether (sulfide) groups is 1. The Morgan fingerprint density at radius 1 is 1.40 bits per heavy atom. The van der Waals surface area contributed by atoms with Crippen LogP contribution in [0.25, 0.3) is 0 Å². The first-order valence-electron chi connectivity index (χ1n) is 5.42. The Morgan fingerprint density at radius 3 is 2.87 bits per heavy atom. The first-order valence-corrected chi connectivity index (χ1v) is 7.22. The second kappa shape index (κ2) is 7.06. The van der Waals surface area contributed by atoms with Gasteiger partial charge in [-0.3, -0.25) is 0 Å². The van der Waals surface area contributed by atoms with Gasteiger partial charge in [0.05, 0.1) is 0 Å². The van der Waals surface area contributed by atoms with E-state index in [-0.39, 0.29) is 0 Å². The van der Waals surface area contributed by atoms with Crippen molar-refractivity contribution in [1.82, 2.24) is 10.2 Å². The monoisotopic (exact) mass is 245 g/mol. The Hall–Kier alpha value is -0.290. The van der Waals surface area contributed by atoms with Crippen LogP contribution in [0.5, 0.6) is 0 Å². The van der Waals surface area contributed by atoms with Crippen molar-refractivity contribution in [1.29, 1.82) is 0 Å². The molecular weight excluding hydrogens is 226 g/mol. The number of nitrogens with zero attached hydrogens (tertiary/aromatic N) is 2. The lowest BCUT2D eigenvalue weighted by Gasteiger charge is -2.03. The molecule has 0 atom stereocenters. The number of hydrogen-bond acceptors (Lipinski definition) is 5. The number of rotatable bonds is 7. The van der Waals surface area contributed by atoms with Gasteiger partial charge >= 0.3 is 0 Å². The molecule has 1 aromatic heterocycles. The van der Waals surface area contributed by atoms with Gasteiger partial charge in [-0.2, -0.15) is 0 Å². The van der Waals surface area contributed by atoms with Gasteiger partial charge in [-0.1, -0.05) is 50.3 Å². The predicted octanol–water partition coefficient (Wildman–Crippen LogP) is 3.50. The van der Waals surface area contributed by atoms with Crippen LogP contribution in [0.1, 0.15) is 33.6 Å². The maximum Gasteiger partial charge on any atom is 0.206 e. The Labute approximate surface area is 100 Å². The van der Waals surface area contributed by atoms with Crippen molar-refractivity contribution in [2.24, 2.45) is 5.92 Å². The minimum absolute atomic E-state index is 0.644. The molecule has 0 saturated carbocycles. The SMILES string of the molecule is CCCCSc1nnc(NCC(C)C)s1. The predicted molar refractivity (Wildman–Crippen MR) is 68.9 cm³/mol. The number of hydrogen-bond donors (Lipinski definition) is 1. The summed E-state index contributed by atoms with van der Waals surface area (Å²) in [7, 11) is 0. The van der Waals surface area contributed by atoms with Crippen molar-refractivity contribution in [2.45, 2.75) is 38.0 Å². The van der Waals surface area contributed by atoms with E-state index in [4.69, 9.17) is 0 Å². The molecule has 15 heavy (non-hydrogen) atoms. The highest BCUT2D eigenvalue weighted by Gasteiger charge is 2.04. The van der Waals surface area contributed by atoms with Crippen LogP contribution in [-0.4, -0.2) is 22.5 Å². The van der Waals surface area contributed by atoms with Crippen molar-refractivity contribution in [3.05, 3.63) is 0 Å². The molecule has 0 amide bonds. The summed E-state index contributed by atoms with van der Waals surface area (Å²) in [6.07, 6.45) is 2.49. The molecule has 5 heteroatoms. The minimum atomic E-state index is 0.644. The molecule has 1 aromatic rings. The molecule has 0 unspecified atom stereocenters. The van der Waals surface area contributed by atoms with Gasteiger partial charge in [0.2, 0.25) is 5.13 Å². The van der Waals surface area contributed by atoms with E-state index in [1.165, 1.54) is 12.8 Å². The molecule has 0 aliphatic heterocycles. The quantitative estimate of drug-likeness (QED) is 0.589. The Bertz CT molecular complexity index is 273. The van der Waals surface area contributed by atoms with Crippen molar-refractivity contribution < 1.29 is 0 Å². The third-order valence-corrected chi connectivity index (χ3v) is 3.89. The van der Waals surface area contributed by atoms with Gasteiger partial charge in [0.15, 0.2) is 4.34 Å². The van der Waals surface area contributed by atoms with Crippen LogP contribution in [-0.2, 0) is 0 Å². The molecule has 1 heterocycles. The lowest BCUT2D eigenvalue weighted by molar-refractivity contribution is 0.687. The second-order valence-corrected chi connectivity index (χ2v) is 6.17. The van der Waals surface area contributed by atoms with Crippen molar-refractivity contribution >= 4 is 28.2 Å². The summed E-state index contributed by atoms with van der Waals surface area (Å²) in [5, 5.41) is 12.5. The maximum atomic E-state index is 4.13. The van der Waals surface area contributed by atoms with Crippen LogP contribution in [0.4, 0.5) is 5.13 Å². The van der Waals surface area contributed by atoms with Gasteiger partial charge < -0.3 is 5.32 Å². The normalized spacial score (nSPS) is 10.9. The van der Waals surface area contributed by atoms with Crippen molar-refractivity contribution in [2.75, 3.05) is 17.6 Å². The third-order valence-electron chi connectivity index (χ3n) is 1.79.